The zero-order valence-corrected chi connectivity index (χ0v) is 10.7. The Morgan fingerprint density at radius 1 is 1.71 bits per heavy atom. The second-order valence-electron chi connectivity index (χ2n) is 3.70. The Balaban J connectivity index is 2.40. The predicted molar refractivity (Wildman–Crippen MR) is 74.6 cm³/mol. The minimum absolute atomic E-state index is 0.445. The molecule has 1 aromatic rings. The highest BCUT2D eigenvalue weighted by molar-refractivity contribution is 8.13. The molecule has 3 N–H and O–H groups in total. The molecule has 90 valence electrons. The van der Waals surface area contributed by atoms with Gasteiger partial charge in [0, 0.05) is 30.1 Å². The largest absolute Gasteiger partial charge is 0.346 e. The van der Waals surface area contributed by atoms with Crippen LogP contribution in [0.3, 0.4) is 0 Å². The van der Waals surface area contributed by atoms with E-state index in [4.69, 9.17) is 5.73 Å². The monoisotopic (exact) mass is 248 g/mol. The van der Waals surface area contributed by atoms with E-state index >= 15 is 0 Å². The summed E-state index contributed by atoms with van der Waals surface area (Å²) in [7, 11) is 0. The number of aromatic nitrogens is 1. The first-order valence-corrected chi connectivity index (χ1v) is 6.71. The molecular weight excluding hydrogens is 232 g/mol. The van der Waals surface area contributed by atoms with Crippen LogP contribution < -0.4 is 16.4 Å². The molecule has 0 fully saturated rings. The average molecular weight is 248 g/mol. The number of fused-ring (bicyclic) bond motifs is 1. The van der Waals surface area contributed by atoms with Crippen molar-refractivity contribution in [3.8, 4) is 0 Å². The number of aliphatic imine (C=N–C) groups is 1. The zero-order chi connectivity index (χ0) is 12.3. The van der Waals surface area contributed by atoms with Crippen LogP contribution in [0.5, 0.6) is 0 Å². The maximum Gasteiger partial charge on any atom is 0.132 e. The topological polar surface area (TPSA) is 66.5 Å². The number of hydrogen-bond acceptors (Lipinski definition) is 4. The summed E-state index contributed by atoms with van der Waals surface area (Å²) >= 11 is 1.55. The summed E-state index contributed by atoms with van der Waals surface area (Å²) in [4.78, 5) is 12.0. The fraction of sp³-hybridized carbons (Fsp3) is 0.333. The van der Waals surface area contributed by atoms with Crippen molar-refractivity contribution >= 4 is 28.6 Å². The van der Waals surface area contributed by atoms with Crippen molar-refractivity contribution in [3.05, 3.63) is 29.0 Å². The summed E-state index contributed by atoms with van der Waals surface area (Å²) in [5.74, 6) is 0. The number of H-pyrrole nitrogens is 1. The lowest BCUT2D eigenvalue weighted by molar-refractivity contribution is 0.935. The van der Waals surface area contributed by atoms with Gasteiger partial charge in [0.1, 0.15) is 5.49 Å². The van der Waals surface area contributed by atoms with Crippen LogP contribution in [0.25, 0.3) is 11.8 Å². The summed E-state index contributed by atoms with van der Waals surface area (Å²) in [6.07, 6.45) is 7.03. The van der Waals surface area contributed by atoms with E-state index in [-0.39, 0.29) is 0 Å². The van der Waals surface area contributed by atoms with Crippen LogP contribution in [-0.4, -0.2) is 29.4 Å². The second-order valence-corrected chi connectivity index (χ2v) is 4.58. The molecule has 0 saturated carbocycles. The molecule has 5 heteroatoms. The van der Waals surface area contributed by atoms with E-state index in [1.165, 1.54) is 0 Å². The molecule has 2 heterocycles. The van der Waals surface area contributed by atoms with Gasteiger partial charge in [0.25, 0.3) is 0 Å². The van der Waals surface area contributed by atoms with Crippen LogP contribution in [-0.2, 0) is 0 Å². The molecule has 1 aliphatic rings. The first-order valence-electron chi connectivity index (χ1n) is 5.49. The fourth-order valence-corrected chi connectivity index (χ4v) is 2.14. The van der Waals surface area contributed by atoms with Crippen molar-refractivity contribution in [2.75, 3.05) is 19.3 Å². The van der Waals surface area contributed by atoms with Gasteiger partial charge in [0.05, 0.1) is 10.7 Å². The van der Waals surface area contributed by atoms with Gasteiger partial charge in [0.2, 0.25) is 0 Å². The number of nitrogens with zero attached hydrogens (tertiary/aromatic N) is 2. The summed E-state index contributed by atoms with van der Waals surface area (Å²) in [5.41, 5.74) is 8.29. The smallest absolute Gasteiger partial charge is 0.132 e. The molecule has 0 unspecified atom stereocenters. The van der Waals surface area contributed by atoms with Crippen LogP contribution in [0.2, 0.25) is 0 Å². The number of hydrogen-bond donors (Lipinski definition) is 2. The molecule has 0 bridgehead atoms. The molecule has 4 nitrogen and oxygen atoms in total. The van der Waals surface area contributed by atoms with Crippen LogP contribution in [0.15, 0.2) is 22.8 Å². The van der Waals surface area contributed by atoms with E-state index in [9.17, 15) is 0 Å². The Morgan fingerprint density at radius 3 is 3.24 bits per heavy atom. The molecule has 1 aliphatic heterocycles. The number of thioether (sulfide) groups is 1. The van der Waals surface area contributed by atoms with E-state index in [0.29, 0.717) is 6.54 Å². The Morgan fingerprint density at radius 2 is 2.53 bits per heavy atom. The molecule has 0 amide bonds. The molecule has 2 rings (SSSR count). The van der Waals surface area contributed by atoms with Crippen molar-refractivity contribution < 1.29 is 0 Å². The molecule has 0 atom stereocenters. The van der Waals surface area contributed by atoms with Gasteiger partial charge in [-0.2, -0.15) is 0 Å². The third-order valence-electron chi connectivity index (χ3n) is 2.63. The summed E-state index contributed by atoms with van der Waals surface area (Å²) < 4.78 is 0. The molecule has 1 aromatic heterocycles. The van der Waals surface area contributed by atoms with Crippen molar-refractivity contribution in [1.29, 1.82) is 0 Å². The van der Waals surface area contributed by atoms with Gasteiger partial charge in [-0.05, 0) is 12.7 Å². The van der Waals surface area contributed by atoms with Gasteiger partial charge in [0.15, 0.2) is 0 Å². The SMILES string of the molecule is C=C(N=C(CN)SC)c1c[nH]c2c1=CCCN=2. The average Bonchev–Trinajstić information content (AvgIpc) is 2.79. The van der Waals surface area contributed by atoms with Gasteiger partial charge < -0.3 is 10.7 Å². The van der Waals surface area contributed by atoms with Crippen molar-refractivity contribution in [1.82, 2.24) is 4.98 Å². The Labute approximate surface area is 104 Å². The Kier molecular flexibility index (Phi) is 3.81. The van der Waals surface area contributed by atoms with Crippen LogP contribution in [0.1, 0.15) is 12.0 Å². The van der Waals surface area contributed by atoms with Crippen molar-refractivity contribution in [2.45, 2.75) is 6.42 Å². The first kappa shape index (κ1) is 12.1. The van der Waals surface area contributed by atoms with Crippen molar-refractivity contribution in [3.63, 3.8) is 0 Å². The van der Waals surface area contributed by atoms with Gasteiger partial charge in [-0.25, -0.2) is 4.99 Å². The Bertz CT molecular complexity index is 562. The van der Waals surface area contributed by atoms with E-state index < -0.39 is 0 Å². The van der Waals surface area contributed by atoms with Gasteiger partial charge in [-0.1, -0.05) is 12.7 Å². The minimum Gasteiger partial charge on any atom is -0.346 e. The maximum atomic E-state index is 5.60. The molecule has 0 aromatic carbocycles. The lowest BCUT2D eigenvalue weighted by atomic mass is 10.2. The third kappa shape index (κ3) is 2.50. The normalized spacial score (nSPS) is 14.8. The standard InChI is InChI=1S/C12H16N4S/c1-8(16-11(6-13)17-2)10-7-15-12-9(10)4-3-5-14-12/h4,7H,1,3,5-6,13H2,2H3,(H,14,15). The van der Waals surface area contributed by atoms with Crippen LogP contribution in [0.4, 0.5) is 0 Å². The molecule has 0 aliphatic carbocycles. The highest BCUT2D eigenvalue weighted by Gasteiger charge is 2.07. The molecular formula is C12H16N4S. The van der Waals surface area contributed by atoms with Crippen molar-refractivity contribution in [2.24, 2.45) is 15.7 Å². The van der Waals surface area contributed by atoms with E-state index in [0.717, 1.165) is 40.0 Å². The summed E-state index contributed by atoms with van der Waals surface area (Å²) in [6.45, 7) is 5.30. The fourth-order valence-electron chi connectivity index (χ4n) is 1.77. The lowest BCUT2D eigenvalue weighted by Gasteiger charge is -2.02. The summed E-state index contributed by atoms with van der Waals surface area (Å²) in [5, 5.41) is 2.00. The van der Waals surface area contributed by atoms with Gasteiger partial charge in [-0.15, -0.1) is 11.8 Å². The van der Waals surface area contributed by atoms with Crippen LogP contribution in [0, 0.1) is 0 Å². The van der Waals surface area contributed by atoms with E-state index in [2.05, 4.69) is 27.6 Å². The maximum absolute atomic E-state index is 5.60. The molecule has 17 heavy (non-hydrogen) atoms. The molecule has 0 spiro atoms. The number of rotatable bonds is 3. The number of nitrogens with two attached hydrogens (primary N) is 1. The highest BCUT2D eigenvalue weighted by atomic mass is 32.2. The van der Waals surface area contributed by atoms with Crippen LogP contribution >= 0.6 is 11.8 Å². The lowest BCUT2D eigenvalue weighted by Crippen LogP contribution is -2.28. The van der Waals surface area contributed by atoms with E-state index in [1.807, 2.05) is 12.5 Å². The third-order valence-corrected chi connectivity index (χ3v) is 3.36. The first-order chi connectivity index (χ1) is 8.26. The summed E-state index contributed by atoms with van der Waals surface area (Å²) in [6, 6.07) is 0. The molecule has 0 radical (unpaired) electrons. The Hall–Kier alpha value is -1.33. The molecule has 0 saturated heterocycles. The minimum atomic E-state index is 0.445. The van der Waals surface area contributed by atoms with E-state index in [1.54, 1.807) is 11.8 Å². The second kappa shape index (κ2) is 5.33. The highest BCUT2D eigenvalue weighted by Crippen LogP contribution is 2.11. The number of nitrogens with one attached hydrogen (secondary N) is 1. The van der Waals surface area contributed by atoms with Gasteiger partial charge >= 0.3 is 0 Å². The number of aromatic amines is 1. The zero-order valence-electron chi connectivity index (χ0n) is 9.86. The predicted octanol–water partition coefficient (Wildman–Crippen LogP) is 0.509. The quantitative estimate of drug-likeness (QED) is 0.604. The van der Waals surface area contributed by atoms with Gasteiger partial charge in [-0.3, -0.25) is 4.99 Å².